The van der Waals surface area contributed by atoms with Crippen molar-refractivity contribution in [3.05, 3.63) is 35.4 Å². The van der Waals surface area contributed by atoms with Gasteiger partial charge in [-0.25, -0.2) is 4.79 Å². The average Bonchev–Trinajstić information content (AvgIpc) is 2.45. The van der Waals surface area contributed by atoms with Gasteiger partial charge in [-0.15, -0.1) is 0 Å². The van der Waals surface area contributed by atoms with Crippen molar-refractivity contribution in [2.75, 3.05) is 7.11 Å². The number of aliphatic hydroxyl groups is 2. The molecule has 0 saturated carbocycles. The fraction of sp³-hybridized carbons (Fsp3) is 0.400. The van der Waals surface area contributed by atoms with Crippen LogP contribution >= 0.6 is 0 Å². The molecule has 110 valence electrons. The van der Waals surface area contributed by atoms with Crippen LogP contribution in [0, 0.1) is 0 Å². The van der Waals surface area contributed by atoms with Gasteiger partial charge in [0.1, 0.15) is 17.6 Å². The molecular weight excluding hydrogens is 260 g/mol. The molecule has 1 aromatic carbocycles. The van der Waals surface area contributed by atoms with Crippen LogP contribution < -0.4 is 9.47 Å². The number of hydrogen-bond acceptors (Lipinski definition) is 5. The lowest BCUT2D eigenvalue weighted by Crippen LogP contribution is -2.15. The predicted molar refractivity (Wildman–Crippen MR) is 74.7 cm³/mol. The van der Waals surface area contributed by atoms with Gasteiger partial charge in [0.25, 0.3) is 0 Å². The van der Waals surface area contributed by atoms with Crippen LogP contribution in [0.2, 0.25) is 0 Å². The number of ether oxygens (including phenoxy) is 2. The Labute approximate surface area is 118 Å². The van der Waals surface area contributed by atoms with E-state index in [1.165, 1.54) is 20.1 Å². The molecule has 0 spiro atoms. The summed E-state index contributed by atoms with van der Waals surface area (Å²) in [7, 11) is 1.46. The highest BCUT2D eigenvalue weighted by Crippen LogP contribution is 2.31. The predicted octanol–water partition coefficient (Wildman–Crippen LogP) is 1.98. The van der Waals surface area contributed by atoms with Gasteiger partial charge in [0, 0.05) is 11.1 Å². The molecule has 2 unspecified atom stereocenters. The maximum Gasteiger partial charge on any atom is 0.338 e. The molecule has 0 aliphatic carbocycles. The molecule has 0 heterocycles. The number of rotatable bonds is 5. The van der Waals surface area contributed by atoms with Gasteiger partial charge < -0.3 is 19.7 Å². The van der Waals surface area contributed by atoms with E-state index >= 15 is 0 Å². The Morgan fingerprint density at radius 3 is 2.50 bits per heavy atom. The normalized spacial score (nSPS) is 14.6. The molecule has 5 nitrogen and oxygen atoms in total. The van der Waals surface area contributed by atoms with E-state index in [4.69, 9.17) is 9.47 Å². The molecule has 1 aromatic rings. The summed E-state index contributed by atoms with van der Waals surface area (Å²) in [4.78, 5) is 11.7. The Morgan fingerprint density at radius 2 is 2.00 bits per heavy atom. The lowest BCUT2D eigenvalue weighted by atomic mass is 10.0. The molecule has 0 radical (unpaired) electrons. The molecule has 0 aromatic heterocycles. The molecule has 5 heteroatoms. The van der Waals surface area contributed by atoms with E-state index in [-0.39, 0.29) is 5.75 Å². The van der Waals surface area contributed by atoms with Crippen LogP contribution in [0.1, 0.15) is 32.4 Å². The van der Waals surface area contributed by atoms with Crippen LogP contribution in [0.5, 0.6) is 11.5 Å². The first-order valence-electron chi connectivity index (χ1n) is 6.29. The summed E-state index contributed by atoms with van der Waals surface area (Å²) in [6.45, 7) is 4.86. The minimum atomic E-state index is -1.12. The van der Waals surface area contributed by atoms with E-state index in [1.807, 2.05) is 0 Å². The number of methoxy groups -OCH3 is 1. The van der Waals surface area contributed by atoms with Crippen molar-refractivity contribution in [2.45, 2.75) is 33.0 Å². The molecule has 0 aliphatic heterocycles. The van der Waals surface area contributed by atoms with Crippen LogP contribution in [0.3, 0.4) is 0 Å². The second-order valence-electron chi connectivity index (χ2n) is 4.45. The van der Waals surface area contributed by atoms with Gasteiger partial charge in [-0.05, 0) is 39.0 Å². The minimum absolute atomic E-state index is 0.284. The monoisotopic (exact) mass is 280 g/mol. The Hall–Kier alpha value is -1.85. The maximum atomic E-state index is 11.7. The largest absolute Gasteiger partial charge is 0.496 e. The van der Waals surface area contributed by atoms with E-state index in [0.717, 1.165) is 0 Å². The van der Waals surface area contributed by atoms with Gasteiger partial charge in [-0.3, -0.25) is 0 Å². The molecule has 0 fully saturated rings. The van der Waals surface area contributed by atoms with Crippen molar-refractivity contribution < 1.29 is 24.5 Å². The highest BCUT2D eigenvalue weighted by atomic mass is 16.5. The molecule has 0 bridgehead atoms. The quantitative estimate of drug-likeness (QED) is 0.490. The first-order valence-corrected chi connectivity index (χ1v) is 6.29. The van der Waals surface area contributed by atoms with Gasteiger partial charge >= 0.3 is 5.97 Å². The third kappa shape index (κ3) is 3.82. The topological polar surface area (TPSA) is 76.0 Å². The smallest absolute Gasteiger partial charge is 0.338 e. The lowest BCUT2D eigenvalue weighted by molar-refractivity contribution is -0.130. The lowest BCUT2D eigenvalue weighted by Gasteiger charge is -2.18. The van der Waals surface area contributed by atoms with Crippen LogP contribution in [-0.2, 0) is 4.79 Å². The molecule has 2 N–H and O–H groups in total. The second-order valence-corrected chi connectivity index (χ2v) is 4.45. The van der Waals surface area contributed by atoms with Crippen LogP contribution in [0.15, 0.2) is 29.8 Å². The van der Waals surface area contributed by atoms with E-state index < -0.39 is 18.2 Å². The first-order chi connectivity index (χ1) is 9.40. The summed E-state index contributed by atoms with van der Waals surface area (Å²) in [6, 6.07) is 4.63. The molecule has 2 atom stereocenters. The van der Waals surface area contributed by atoms with Crippen LogP contribution in [0.4, 0.5) is 0 Å². The summed E-state index contributed by atoms with van der Waals surface area (Å²) in [6.07, 6.45) is -0.434. The zero-order valence-electron chi connectivity index (χ0n) is 12.1. The zero-order valence-corrected chi connectivity index (χ0v) is 12.1. The molecular formula is C15H20O5. The summed E-state index contributed by atoms with van der Waals surface area (Å²) >= 11 is 0. The van der Waals surface area contributed by atoms with E-state index in [0.29, 0.717) is 16.9 Å². The summed E-state index contributed by atoms with van der Waals surface area (Å²) in [5, 5.41) is 19.4. The second kappa shape index (κ2) is 7.07. The van der Waals surface area contributed by atoms with Crippen molar-refractivity contribution in [1.82, 2.24) is 0 Å². The Balaban J connectivity index is 3.07. The Bertz CT molecular complexity index is 505. The molecule has 0 aliphatic rings. The summed E-state index contributed by atoms with van der Waals surface area (Å²) in [5.74, 6) is 0.239. The van der Waals surface area contributed by atoms with Crippen molar-refractivity contribution in [2.24, 2.45) is 0 Å². The summed E-state index contributed by atoms with van der Waals surface area (Å²) in [5.41, 5.74) is 0.851. The van der Waals surface area contributed by atoms with Crippen LogP contribution in [0.25, 0.3) is 0 Å². The molecule has 0 amide bonds. The van der Waals surface area contributed by atoms with E-state index in [2.05, 4.69) is 0 Å². The number of esters is 1. The third-order valence-electron chi connectivity index (χ3n) is 2.94. The SMILES string of the molecule is C/C=C(/C)C(=O)Oc1ccc(OC)c(C(O)C(C)O)c1. The van der Waals surface area contributed by atoms with Crippen molar-refractivity contribution in [3.63, 3.8) is 0 Å². The van der Waals surface area contributed by atoms with Crippen molar-refractivity contribution in [1.29, 1.82) is 0 Å². The van der Waals surface area contributed by atoms with Gasteiger partial charge in [0.2, 0.25) is 0 Å². The minimum Gasteiger partial charge on any atom is -0.496 e. The molecule has 0 saturated heterocycles. The number of carbonyl (C=O) groups excluding carboxylic acids is 1. The zero-order chi connectivity index (χ0) is 15.3. The fourth-order valence-corrected chi connectivity index (χ4v) is 1.57. The van der Waals surface area contributed by atoms with Gasteiger partial charge in [0.15, 0.2) is 0 Å². The first kappa shape index (κ1) is 16.2. The van der Waals surface area contributed by atoms with Crippen molar-refractivity contribution in [3.8, 4) is 11.5 Å². The number of benzene rings is 1. The molecule has 1 rings (SSSR count). The number of carbonyl (C=O) groups is 1. The number of allylic oxidation sites excluding steroid dienone is 1. The van der Waals surface area contributed by atoms with Gasteiger partial charge in [0.05, 0.1) is 13.2 Å². The highest BCUT2D eigenvalue weighted by Gasteiger charge is 2.19. The maximum absolute atomic E-state index is 11.7. The summed E-state index contributed by atoms with van der Waals surface area (Å²) < 4.78 is 10.3. The average molecular weight is 280 g/mol. The number of hydrogen-bond donors (Lipinski definition) is 2. The Morgan fingerprint density at radius 1 is 1.35 bits per heavy atom. The third-order valence-corrected chi connectivity index (χ3v) is 2.94. The standard InChI is InChI=1S/C15H20O5/c1-5-9(2)15(18)20-11-6-7-13(19-4)12(8-11)14(17)10(3)16/h5-8,10,14,16-17H,1-4H3/b9-5-. The van der Waals surface area contributed by atoms with Gasteiger partial charge in [-0.1, -0.05) is 6.08 Å². The van der Waals surface area contributed by atoms with Gasteiger partial charge in [-0.2, -0.15) is 0 Å². The molecule has 20 heavy (non-hydrogen) atoms. The van der Waals surface area contributed by atoms with Crippen molar-refractivity contribution >= 4 is 5.97 Å². The van der Waals surface area contributed by atoms with Crippen LogP contribution in [-0.4, -0.2) is 29.4 Å². The van der Waals surface area contributed by atoms with E-state index in [9.17, 15) is 15.0 Å². The highest BCUT2D eigenvalue weighted by molar-refractivity contribution is 5.89. The Kier molecular flexibility index (Phi) is 5.73. The fourth-order valence-electron chi connectivity index (χ4n) is 1.57. The van der Waals surface area contributed by atoms with E-state index in [1.54, 1.807) is 32.1 Å². The number of aliphatic hydroxyl groups excluding tert-OH is 2.